The maximum absolute atomic E-state index is 12.3. The van der Waals surface area contributed by atoms with Crippen molar-refractivity contribution in [3.63, 3.8) is 0 Å². The molecule has 0 fully saturated rings. The summed E-state index contributed by atoms with van der Waals surface area (Å²) in [5.74, 6) is 0. The standard InChI is InChI=1S/C14H20Cl2N2O3/c1-20-8-3-6-18(7-9-21-2)14(19)17-13-10-11(15)4-5-12(13)16/h4-5,10H,3,6-9H2,1-2H3,(H,17,19). The van der Waals surface area contributed by atoms with Gasteiger partial charge >= 0.3 is 6.03 Å². The highest BCUT2D eigenvalue weighted by Gasteiger charge is 2.14. The maximum atomic E-state index is 12.3. The van der Waals surface area contributed by atoms with Crippen LogP contribution < -0.4 is 5.32 Å². The van der Waals surface area contributed by atoms with Crippen molar-refractivity contribution >= 4 is 34.9 Å². The second kappa shape index (κ2) is 9.84. The number of ether oxygens (including phenoxy) is 2. The van der Waals surface area contributed by atoms with Crippen LogP contribution in [0.25, 0.3) is 0 Å². The lowest BCUT2D eigenvalue weighted by molar-refractivity contribution is 0.143. The fraction of sp³-hybridized carbons (Fsp3) is 0.500. The van der Waals surface area contributed by atoms with E-state index in [-0.39, 0.29) is 6.03 Å². The molecule has 0 radical (unpaired) electrons. The Kier molecular flexibility index (Phi) is 8.45. The highest BCUT2D eigenvalue weighted by Crippen LogP contribution is 2.25. The molecule has 0 heterocycles. The molecule has 0 aliphatic carbocycles. The fourth-order valence-corrected chi connectivity index (χ4v) is 2.04. The Morgan fingerprint density at radius 3 is 2.57 bits per heavy atom. The predicted molar refractivity (Wildman–Crippen MR) is 85.4 cm³/mol. The highest BCUT2D eigenvalue weighted by atomic mass is 35.5. The van der Waals surface area contributed by atoms with Gasteiger partial charge in [-0.1, -0.05) is 23.2 Å². The van der Waals surface area contributed by atoms with E-state index in [1.807, 2.05) is 0 Å². The monoisotopic (exact) mass is 334 g/mol. The number of hydrogen-bond acceptors (Lipinski definition) is 3. The van der Waals surface area contributed by atoms with Crippen LogP contribution in [0.1, 0.15) is 6.42 Å². The predicted octanol–water partition coefficient (Wildman–Crippen LogP) is 3.51. The van der Waals surface area contributed by atoms with E-state index in [9.17, 15) is 4.79 Å². The number of anilines is 1. The molecule has 21 heavy (non-hydrogen) atoms. The van der Waals surface area contributed by atoms with Crippen molar-refractivity contribution in [3.05, 3.63) is 28.2 Å². The smallest absolute Gasteiger partial charge is 0.321 e. The Morgan fingerprint density at radius 1 is 1.19 bits per heavy atom. The van der Waals surface area contributed by atoms with E-state index < -0.39 is 0 Å². The van der Waals surface area contributed by atoms with Gasteiger partial charge in [-0.2, -0.15) is 0 Å². The normalized spacial score (nSPS) is 10.5. The number of carbonyl (C=O) groups excluding carboxylic acids is 1. The largest absolute Gasteiger partial charge is 0.385 e. The summed E-state index contributed by atoms with van der Waals surface area (Å²) in [5, 5.41) is 3.71. The van der Waals surface area contributed by atoms with Crippen molar-refractivity contribution in [2.24, 2.45) is 0 Å². The van der Waals surface area contributed by atoms with Crippen molar-refractivity contribution in [2.45, 2.75) is 6.42 Å². The van der Waals surface area contributed by atoms with E-state index >= 15 is 0 Å². The van der Waals surface area contributed by atoms with Gasteiger partial charge in [-0.05, 0) is 24.6 Å². The minimum atomic E-state index is -0.243. The number of amides is 2. The highest BCUT2D eigenvalue weighted by molar-refractivity contribution is 6.35. The summed E-state index contributed by atoms with van der Waals surface area (Å²) in [6.45, 7) is 2.11. The summed E-state index contributed by atoms with van der Waals surface area (Å²) in [6, 6.07) is 4.68. The second-order valence-electron chi connectivity index (χ2n) is 4.38. The van der Waals surface area contributed by atoms with Crippen LogP contribution in [0, 0.1) is 0 Å². The van der Waals surface area contributed by atoms with Crippen LogP contribution in [0.15, 0.2) is 18.2 Å². The van der Waals surface area contributed by atoms with Gasteiger partial charge in [0.2, 0.25) is 0 Å². The Labute approximate surface area is 135 Å². The molecule has 0 aliphatic heterocycles. The number of halogens is 2. The summed E-state index contributed by atoms with van der Waals surface area (Å²) in [6.07, 6.45) is 0.747. The summed E-state index contributed by atoms with van der Waals surface area (Å²) in [5.41, 5.74) is 0.489. The van der Waals surface area contributed by atoms with E-state index in [4.69, 9.17) is 32.7 Å². The number of benzene rings is 1. The van der Waals surface area contributed by atoms with Crippen molar-refractivity contribution < 1.29 is 14.3 Å². The molecule has 0 saturated carbocycles. The molecule has 0 spiro atoms. The van der Waals surface area contributed by atoms with Gasteiger partial charge in [0.25, 0.3) is 0 Å². The summed E-state index contributed by atoms with van der Waals surface area (Å²) >= 11 is 11.9. The summed E-state index contributed by atoms with van der Waals surface area (Å²) < 4.78 is 10.0. The van der Waals surface area contributed by atoms with Crippen LogP contribution in [0.5, 0.6) is 0 Å². The van der Waals surface area contributed by atoms with Gasteiger partial charge in [-0.15, -0.1) is 0 Å². The average molecular weight is 335 g/mol. The van der Waals surface area contributed by atoms with E-state index in [0.717, 1.165) is 6.42 Å². The Morgan fingerprint density at radius 2 is 1.90 bits per heavy atom. The molecule has 1 aromatic rings. The second-order valence-corrected chi connectivity index (χ2v) is 5.22. The van der Waals surface area contributed by atoms with E-state index in [0.29, 0.717) is 42.0 Å². The third-order valence-corrected chi connectivity index (χ3v) is 3.36. The quantitative estimate of drug-likeness (QED) is 0.740. The zero-order valence-corrected chi connectivity index (χ0v) is 13.7. The van der Waals surface area contributed by atoms with Crippen LogP contribution in [0.3, 0.4) is 0 Å². The number of hydrogen-bond donors (Lipinski definition) is 1. The third-order valence-electron chi connectivity index (χ3n) is 2.80. The van der Waals surface area contributed by atoms with Crippen molar-refractivity contribution in [2.75, 3.05) is 45.8 Å². The van der Waals surface area contributed by atoms with Gasteiger partial charge in [0, 0.05) is 38.9 Å². The SMILES string of the molecule is COCCCN(CCOC)C(=O)Nc1cc(Cl)ccc1Cl. The first-order valence-corrected chi connectivity index (χ1v) is 7.33. The van der Waals surface area contributed by atoms with Crippen LogP contribution in [0.2, 0.25) is 10.0 Å². The molecule has 0 unspecified atom stereocenters. The van der Waals surface area contributed by atoms with Crippen LogP contribution in [-0.2, 0) is 9.47 Å². The van der Waals surface area contributed by atoms with Gasteiger partial charge in [0.1, 0.15) is 0 Å². The van der Waals surface area contributed by atoms with E-state index in [1.54, 1.807) is 37.3 Å². The molecule has 1 N–H and O–H groups in total. The molecule has 5 nitrogen and oxygen atoms in total. The molecule has 0 saturated heterocycles. The lowest BCUT2D eigenvalue weighted by atomic mass is 10.3. The Balaban J connectivity index is 2.67. The van der Waals surface area contributed by atoms with Gasteiger partial charge < -0.3 is 19.7 Å². The molecule has 1 rings (SSSR count). The molecule has 0 aliphatic rings. The molecule has 118 valence electrons. The number of methoxy groups -OCH3 is 2. The van der Waals surface area contributed by atoms with Crippen molar-refractivity contribution in [3.8, 4) is 0 Å². The molecule has 7 heteroatoms. The number of nitrogens with one attached hydrogen (secondary N) is 1. The van der Waals surface area contributed by atoms with Gasteiger partial charge in [-0.3, -0.25) is 0 Å². The first-order chi connectivity index (χ1) is 10.1. The number of urea groups is 1. The molecule has 0 bridgehead atoms. The third kappa shape index (κ3) is 6.52. The molecule has 2 amide bonds. The molecule has 0 atom stereocenters. The lowest BCUT2D eigenvalue weighted by Gasteiger charge is -2.23. The first-order valence-electron chi connectivity index (χ1n) is 6.57. The van der Waals surface area contributed by atoms with E-state index in [2.05, 4.69) is 5.32 Å². The average Bonchev–Trinajstić information content (AvgIpc) is 2.46. The van der Waals surface area contributed by atoms with Crippen LogP contribution in [0.4, 0.5) is 10.5 Å². The minimum absolute atomic E-state index is 0.243. The molecule has 0 aromatic heterocycles. The Hall–Kier alpha value is -1.01. The topological polar surface area (TPSA) is 50.8 Å². The zero-order chi connectivity index (χ0) is 15.7. The minimum Gasteiger partial charge on any atom is -0.385 e. The summed E-state index contributed by atoms with van der Waals surface area (Å²) in [4.78, 5) is 13.9. The fourth-order valence-electron chi connectivity index (χ4n) is 1.70. The molecular formula is C14H20Cl2N2O3. The van der Waals surface area contributed by atoms with Gasteiger partial charge in [0.05, 0.1) is 17.3 Å². The van der Waals surface area contributed by atoms with Gasteiger partial charge in [-0.25, -0.2) is 4.79 Å². The number of carbonyl (C=O) groups is 1. The number of rotatable bonds is 8. The molecular weight excluding hydrogens is 315 g/mol. The van der Waals surface area contributed by atoms with Crippen molar-refractivity contribution in [1.29, 1.82) is 0 Å². The zero-order valence-electron chi connectivity index (χ0n) is 12.2. The van der Waals surface area contributed by atoms with Crippen molar-refractivity contribution in [1.82, 2.24) is 4.90 Å². The van der Waals surface area contributed by atoms with Crippen LogP contribution in [-0.4, -0.2) is 51.5 Å². The van der Waals surface area contributed by atoms with Crippen LogP contribution >= 0.6 is 23.2 Å². The maximum Gasteiger partial charge on any atom is 0.321 e. The Bertz CT molecular complexity index is 458. The molecule has 1 aromatic carbocycles. The number of nitrogens with zero attached hydrogens (tertiary/aromatic N) is 1. The summed E-state index contributed by atoms with van der Waals surface area (Å²) in [7, 11) is 3.23. The first kappa shape index (κ1) is 18.0. The lowest BCUT2D eigenvalue weighted by Crippen LogP contribution is -2.38. The van der Waals surface area contributed by atoms with Gasteiger partial charge in [0.15, 0.2) is 0 Å². The van der Waals surface area contributed by atoms with E-state index in [1.165, 1.54) is 0 Å².